The molecule has 1 heterocycles. The third-order valence-corrected chi connectivity index (χ3v) is 11.8. The molecule has 3 aromatic carbocycles. The number of aromatic nitrogens is 1. The van der Waals surface area contributed by atoms with Gasteiger partial charge in [-0.1, -0.05) is 23.2 Å². The number of quaternary nitrogens is 1. The molecule has 0 fully saturated rings. The summed E-state index contributed by atoms with van der Waals surface area (Å²) in [6, 6.07) is 16.1. The topological polar surface area (TPSA) is 232 Å². The van der Waals surface area contributed by atoms with Gasteiger partial charge in [0, 0.05) is 80.8 Å². The second-order valence-corrected chi connectivity index (χ2v) is 18.6. The Morgan fingerprint density at radius 1 is 0.855 bits per heavy atom. The van der Waals surface area contributed by atoms with Crippen LogP contribution in [0.4, 0.5) is 0 Å². The van der Waals surface area contributed by atoms with Crippen LogP contribution >= 0.6 is 0 Å². The minimum atomic E-state index is -4.39. The summed E-state index contributed by atoms with van der Waals surface area (Å²) in [5, 5.41) is 15.7. The van der Waals surface area contributed by atoms with Crippen molar-refractivity contribution in [1.29, 1.82) is 0 Å². The Morgan fingerprint density at radius 3 is 2.11 bits per heavy atom. The highest BCUT2D eigenvalue weighted by Crippen LogP contribution is 2.32. The van der Waals surface area contributed by atoms with Crippen molar-refractivity contribution in [3.8, 4) is 11.5 Å². The highest BCUT2D eigenvalue weighted by Gasteiger charge is 2.28. The van der Waals surface area contributed by atoms with E-state index in [0.29, 0.717) is 113 Å². The van der Waals surface area contributed by atoms with E-state index < -0.39 is 38.9 Å². The first-order valence-corrected chi connectivity index (χ1v) is 23.6. The Bertz CT molecular complexity index is 2370. The van der Waals surface area contributed by atoms with Crippen LogP contribution in [0.25, 0.3) is 21.8 Å². The summed E-state index contributed by atoms with van der Waals surface area (Å²) < 4.78 is 71.2. The number of esters is 1. The summed E-state index contributed by atoms with van der Waals surface area (Å²) in [5.74, 6) is -1.82. The van der Waals surface area contributed by atoms with Crippen LogP contribution in [0.1, 0.15) is 90.6 Å². The number of hydrogen-bond donors (Lipinski definition) is 3. The number of para-hydroxylation sites is 1. The molecule has 338 valence electrons. The zero-order valence-electron chi connectivity index (χ0n) is 36.0. The third kappa shape index (κ3) is 15.1. The second-order valence-electron chi connectivity index (χ2n) is 16.0. The van der Waals surface area contributed by atoms with Gasteiger partial charge in [0.2, 0.25) is 16.9 Å². The number of hydrogen-bond acceptors (Lipinski definition) is 11. The van der Waals surface area contributed by atoms with Crippen LogP contribution in [0, 0.1) is 13.8 Å². The highest BCUT2D eigenvalue weighted by atomic mass is 32.2. The summed E-state index contributed by atoms with van der Waals surface area (Å²) in [6.07, 6.45) is 1.73. The number of ether oxygens (including phenoxy) is 2. The van der Waals surface area contributed by atoms with Gasteiger partial charge in [-0.05, 0) is 75.6 Å². The van der Waals surface area contributed by atoms with Gasteiger partial charge in [-0.15, -0.1) is 0 Å². The van der Waals surface area contributed by atoms with E-state index in [0.717, 1.165) is 5.52 Å². The maximum Gasteiger partial charge on any atom is 0.345 e. The fourth-order valence-corrected chi connectivity index (χ4v) is 8.43. The Labute approximate surface area is 365 Å². The molecule has 4 rings (SSSR count). The average Bonchev–Trinajstić information content (AvgIpc) is 3.18. The highest BCUT2D eigenvalue weighted by molar-refractivity contribution is 7.85. The molecule has 0 spiro atoms. The number of carboxylic acid groups (broad SMARTS) is 1. The number of carbonyl (C=O) groups is 4. The molecule has 1 aromatic heterocycles. The zero-order chi connectivity index (χ0) is 45.6. The molecule has 2 amide bonds. The fourth-order valence-electron chi connectivity index (χ4n) is 7.58. The Balaban J connectivity index is 1.47. The Morgan fingerprint density at radius 2 is 1.48 bits per heavy atom. The van der Waals surface area contributed by atoms with Gasteiger partial charge >= 0.3 is 11.9 Å². The smallest absolute Gasteiger partial charge is 0.345 e. The largest absolute Gasteiger partial charge is 0.772 e. The van der Waals surface area contributed by atoms with Crippen molar-refractivity contribution in [3.05, 3.63) is 76.9 Å². The van der Waals surface area contributed by atoms with E-state index in [1.807, 2.05) is 61.9 Å². The number of carbonyl (C=O) groups excluding carboxylic acids is 3. The van der Waals surface area contributed by atoms with Crippen molar-refractivity contribution in [2.75, 3.05) is 51.3 Å². The number of aryl methyl sites for hydroxylation is 3. The van der Waals surface area contributed by atoms with Gasteiger partial charge in [-0.25, -0.2) is 13.2 Å². The van der Waals surface area contributed by atoms with Crippen molar-refractivity contribution >= 4 is 66.8 Å². The number of aliphatic carboxylic acids is 1. The first-order chi connectivity index (χ1) is 29.3. The minimum absolute atomic E-state index is 0.0164. The number of amides is 2. The number of fused-ring (bicyclic) bond motifs is 2. The monoisotopic (exact) mass is 898 g/mol. The van der Waals surface area contributed by atoms with Crippen LogP contribution in [0.15, 0.2) is 54.6 Å². The standard InChI is InChI=1S/C44H58N4O12S2/c1-30(2)59-34-17-18-38-36(29-34)41(35-13-6-7-14-37(35)47(38)21-11-25-61(54)55)44(53)60-42-31(3)27-33(28-32(42)4)43(52)46-20-10-23-48(5,24-12-26-62(56,57)58)22-9-19-45-39(49)15-8-16-40(50)51/h6-7,13-14,17-18,27-30H,8-12,15-16,19-26H2,1-5H3,(H3-2,45,46,49,50,51,52,54,55,56,57,58). The van der Waals surface area contributed by atoms with E-state index in [2.05, 4.69) is 10.6 Å². The molecule has 0 aliphatic carbocycles. The molecule has 16 nitrogen and oxygen atoms in total. The molecule has 2 unspecified atom stereocenters. The SMILES string of the molecule is Cc1cc(C(=O)NCCC[N+](C)(CCCNC(=O)CCCC(=O)O)CCCS(=O)(=O)[O-])cc(C)c1OC(=O)c1c2ccccc2[n+](CCCS(=O)[O-])c2ccc(OC(C)C)cc12. The van der Waals surface area contributed by atoms with Gasteiger partial charge < -0.3 is 38.8 Å². The van der Waals surface area contributed by atoms with Crippen molar-refractivity contribution in [2.45, 2.75) is 85.3 Å². The molecule has 18 heteroatoms. The van der Waals surface area contributed by atoms with Crippen molar-refractivity contribution < 1.29 is 64.5 Å². The van der Waals surface area contributed by atoms with Crippen molar-refractivity contribution in [3.63, 3.8) is 0 Å². The van der Waals surface area contributed by atoms with Crippen LogP contribution in [-0.2, 0) is 37.3 Å². The van der Waals surface area contributed by atoms with E-state index in [9.17, 15) is 40.9 Å². The maximum atomic E-state index is 14.3. The summed E-state index contributed by atoms with van der Waals surface area (Å²) in [7, 11) is -2.46. The lowest BCUT2D eigenvalue weighted by Crippen LogP contribution is -2.48. The molecule has 0 saturated carbocycles. The van der Waals surface area contributed by atoms with E-state index in [1.54, 1.807) is 32.0 Å². The number of nitrogens with zero attached hydrogens (tertiary/aromatic N) is 2. The lowest BCUT2D eigenvalue weighted by molar-refractivity contribution is -0.909. The normalized spacial score (nSPS) is 13.2. The van der Waals surface area contributed by atoms with Crippen LogP contribution < -0.4 is 24.7 Å². The summed E-state index contributed by atoms with van der Waals surface area (Å²) in [4.78, 5) is 50.5. The van der Waals surface area contributed by atoms with E-state index in [-0.39, 0.29) is 49.4 Å². The van der Waals surface area contributed by atoms with Gasteiger partial charge in [0.25, 0.3) is 5.91 Å². The van der Waals surface area contributed by atoms with Crippen LogP contribution in [-0.4, -0.2) is 112 Å². The van der Waals surface area contributed by atoms with Crippen molar-refractivity contribution in [2.24, 2.45) is 0 Å². The average molecular weight is 899 g/mol. The summed E-state index contributed by atoms with van der Waals surface area (Å²) >= 11 is -2.20. The van der Waals surface area contributed by atoms with Crippen LogP contribution in [0.5, 0.6) is 11.5 Å². The number of carboxylic acids is 1. The molecule has 3 N–H and O–H groups in total. The number of rotatable bonds is 25. The molecular weight excluding hydrogens is 841 g/mol. The van der Waals surface area contributed by atoms with Crippen LogP contribution in [0.3, 0.4) is 0 Å². The molecule has 0 bridgehead atoms. The molecule has 0 aliphatic rings. The van der Waals surface area contributed by atoms with E-state index in [4.69, 9.17) is 14.6 Å². The molecule has 62 heavy (non-hydrogen) atoms. The molecule has 0 radical (unpaired) electrons. The van der Waals surface area contributed by atoms with Gasteiger partial charge in [-0.2, -0.15) is 4.57 Å². The first kappa shape index (κ1) is 49.6. The molecule has 0 aliphatic heterocycles. The molecule has 2 atom stereocenters. The third-order valence-electron chi connectivity index (χ3n) is 10.4. The van der Waals surface area contributed by atoms with Gasteiger partial charge in [0.15, 0.2) is 6.54 Å². The lowest BCUT2D eigenvalue weighted by atomic mass is 10.0. The fraction of sp³-hybridized carbons (Fsp3) is 0.477. The second kappa shape index (κ2) is 22.9. The summed E-state index contributed by atoms with van der Waals surface area (Å²) in [5.41, 5.74) is 3.22. The van der Waals surface area contributed by atoms with Gasteiger partial charge in [0.05, 0.1) is 59.2 Å². The summed E-state index contributed by atoms with van der Waals surface area (Å²) in [6.45, 7) is 9.85. The Hall–Kier alpha value is -5.01. The number of benzene rings is 3. The van der Waals surface area contributed by atoms with Crippen molar-refractivity contribution in [1.82, 2.24) is 10.6 Å². The van der Waals surface area contributed by atoms with E-state index >= 15 is 0 Å². The quantitative estimate of drug-likeness (QED) is 0.0123. The van der Waals surface area contributed by atoms with Crippen LogP contribution in [0.2, 0.25) is 0 Å². The predicted molar refractivity (Wildman–Crippen MR) is 233 cm³/mol. The lowest BCUT2D eigenvalue weighted by Gasteiger charge is -2.35. The van der Waals surface area contributed by atoms with Gasteiger partial charge in [0.1, 0.15) is 11.5 Å². The van der Waals surface area contributed by atoms with Gasteiger partial charge in [-0.3, -0.25) is 18.6 Å². The van der Waals surface area contributed by atoms with E-state index in [1.165, 1.54) is 0 Å². The molecular formula is C44H58N4O12S2. The zero-order valence-corrected chi connectivity index (χ0v) is 37.7. The number of pyridine rings is 1. The molecule has 4 aromatic rings. The number of nitrogens with one attached hydrogen (secondary N) is 2. The first-order valence-electron chi connectivity index (χ1n) is 20.7. The Kier molecular flexibility index (Phi) is 18.3. The predicted octanol–water partition coefficient (Wildman–Crippen LogP) is 4.44. The minimum Gasteiger partial charge on any atom is -0.772 e. The maximum absolute atomic E-state index is 14.3. The molecule has 0 saturated heterocycles.